The summed E-state index contributed by atoms with van der Waals surface area (Å²) in [6.45, 7) is 1.26. The van der Waals surface area contributed by atoms with Gasteiger partial charge in [-0.2, -0.15) is 0 Å². The van der Waals surface area contributed by atoms with E-state index >= 15 is 0 Å². The minimum absolute atomic E-state index is 0.201. The van der Waals surface area contributed by atoms with Gasteiger partial charge in [-0.15, -0.1) is 0 Å². The SMILES string of the molecule is NC(CC1OCCO1)c1ccc(Cl)cc1Cl. The number of nitrogens with two attached hydrogens (primary N) is 1. The summed E-state index contributed by atoms with van der Waals surface area (Å²) in [6.07, 6.45) is 0.378. The molecule has 16 heavy (non-hydrogen) atoms. The van der Waals surface area contributed by atoms with Crippen LogP contribution in [0.5, 0.6) is 0 Å². The Morgan fingerprint density at radius 3 is 2.62 bits per heavy atom. The van der Waals surface area contributed by atoms with E-state index in [4.69, 9.17) is 38.4 Å². The van der Waals surface area contributed by atoms with Gasteiger partial charge < -0.3 is 15.2 Å². The molecule has 0 amide bonds. The smallest absolute Gasteiger partial charge is 0.159 e. The van der Waals surface area contributed by atoms with E-state index in [0.717, 1.165) is 5.56 Å². The largest absolute Gasteiger partial charge is 0.350 e. The third-order valence-electron chi connectivity index (χ3n) is 2.50. The lowest BCUT2D eigenvalue weighted by Crippen LogP contribution is -2.19. The average Bonchev–Trinajstić information content (AvgIpc) is 2.70. The van der Waals surface area contributed by atoms with E-state index in [9.17, 15) is 0 Å². The second-order valence-electron chi connectivity index (χ2n) is 3.68. The summed E-state index contributed by atoms with van der Waals surface area (Å²) < 4.78 is 10.7. The molecule has 2 N–H and O–H groups in total. The van der Waals surface area contributed by atoms with Crippen molar-refractivity contribution in [2.45, 2.75) is 18.8 Å². The van der Waals surface area contributed by atoms with Gasteiger partial charge in [-0.1, -0.05) is 29.3 Å². The standard InChI is InChI=1S/C11H13Cl2NO2/c12-7-1-2-8(9(13)5-7)10(14)6-11-15-3-4-16-11/h1-2,5,10-11H,3-4,6,14H2. The lowest BCUT2D eigenvalue weighted by Gasteiger charge is -2.17. The van der Waals surface area contributed by atoms with Gasteiger partial charge in [0.1, 0.15) is 0 Å². The van der Waals surface area contributed by atoms with Gasteiger partial charge in [0.25, 0.3) is 0 Å². The molecule has 1 aliphatic heterocycles. The number of hydrogen-bond donors (Lipinski definition) is 1. The first kappa shape index (κ1) is 12.1. The molecule has 5 heteroatoms. The van der Waals surface area contributed by atoms with Crippen molar-refractivity contribution in [1.82, 2.24) is 0 Å². The molecular formula is C11H13Cl2NO2. The predicted octanol–water partition coefficient (Wildman–Crippen LogP) is 2.76. The molecule has 0 bridgehead atoms. The van der Waals surface area contributed by atoms with Crippen molar-refractivity contribution in [3.05, 3.63) is 33.8 Å². The average molecular weight is 262 g/mol. The van der Waals surface area contributed by atoms with Crippen LogP contribution in [0.1, 0.15) is 18.0 Å². The maximum absolute atomic E-state index is 6.06. The molecule has 0 radical (unpaired) electrons. The van der Waals surface area contributed by atoms with Crippen LogP contribution in [0.3, 0.4) is 0 Å². The summed E-state index contributed by atoms with van der Waals surface area (Å²) in [5.41, 5.74) is 6.90. The molecule has 1 aromatic carbocycles. The van der Waals surface area contributed by atoms with E-state index in [0.29, 0.717) is 29.7 Å². The van der Waals surface area contributed by atoms with Gasteiger partial charge in [-0.3, -0.25) is 0 Å². The molecule has 0 aliphatic carbocycles. The van der Waals surface area contributed by atoms with Crippen molar-refractivity contribution >= 4 is 23.2 Å². The van der Waals surface area contributed by atoms with Crippen molar-refractivity contribution in [2.24, 2.45) is 5.73 Å². The van der Waals surface area contributed by atoms with Gasteiger partial charge in [0, 0.05) is 22.5 Å². The Morgan fingerprint density at radius 1 is 1.31 bits per heavy atom. The van der Waals surface area contributed by atoms with Crippen molar-refractivity contribution in [3.8, 4) is 0 Å². The fourth-order valence-corrected chi connectivity index (χ4v) is 2.23. The molecular weight excluding hydrogens is 249 g/mol. The molecule has 1 heterocycles. The van der Waals surface area contributed by atoms with Gasteiger partial charge in [-0.25, -0.2) is 0 Å². The normalized spacial score (nSPS) is 18.9. The van der Waals surface area contributed by atoms with E-state index in [1.54, 1.807) is 12.1 Å². The first-order chi connectivity index (χ1) is 7.66. The molecule has 1 aliphatic rings. The van der Waals surface area contributed by atoms with Gasteiger partial charge in [-0.05, 0) is 17.7 Å². The first-order valence-electron chi connectivity index (χ1n) is 5.10. The van der Waals surface area contributed by atoms with Crippen molar-refractivity contribution in [3.63, 3.8) is 0 Å². The van der Waals surface area contributed by atoms with Crippen molar-refractivity contribution in [1.29, 1.82) is 0 Å². The van der Waals surface area contributed by atoms with Gasteiger partial charge in [0.05, 0.1) is 13.2 Å². The Balaban J connectivity index is 2.04. The number of ether oxygens (including phenoxy) is 2. The van der Waals surface area contributed by atoms with Crippen molar-refractivity contribution < 1.29 is 9.47 Å². The Bertz CT molecular complexity index is 367. The Labute approximate surface area is 104 Å². The molecule has 1 saturated heterocycles. The summed E-state index contributed by atoms with van der Waals surface area (Å²) in [6, 6.07) is 5.10. The molecule has 0 saturated carbocycles. The van der Waals surface area contributed by atoms with Gasteiger partial charge in [0.2, 0.25) is 0 Å². The van der Waals surface area contributed by atoms with Crippen LogP contribution in [0.2, 0.25) is 10.0 Å². The summed E-state index contributed by atoms with van der Waals surface area (Å²) in [7, 11) is 0. The predicted molar refractivity (Wildman–Crippen MR) is 63.7 cm³/mol. The molecule has 1 atom stereocenters. The second kappa shape index (κ2) is 5.34. The molecule has 1 fully saturated rings. The summed E-state index contributed by atoms with van der Waals surface area (Å²) in [5, 5.41) is 1.19. The summed E-state index contributed by atoms with van der Waals surface area (Å²) in [5.74, 6) is 0. The second-order valence-corrected chi connectivity index (χ2v) is 4.52. The van der Waals surface area contributed by atoms with Crippen LogP contribution in [0.4, 0.5) is 0 Å². The highest BCUT2D eigenvalue weighted by molar-refractivity contribution is 6.35. The van der Waals surface area contributed by atoms with Crippen LogP contribution in [0.25, 0.3) is 0 Å². The molecule has 1 aromatic rings. The highest BCUT2D eigenvalue weighted by atomic mass is 35.5. The zero-order chi connectivity index (χ0) is 11.5. The van der Waals surface area contributed by atoms with E-state index in [1.807, 2.05) is 6.07 Å². The molecule has 2 rings (SSSR count). The van der Waals surface area contributed by atoms with Crippen LogP contribution in [0.15, 0.2) is 18.2 Å². The van der Waals surface area contributed by atoms with Crippen LogP contribution in [-0.2, 0) is 9.47 Å². The topological polar surface area (TPSA) is 44.5 Å². The number of hydrogen-bond acceptors (Lipinski definition) is 3. The zero-order valence-corrected chi connectivity index (χ0v) is 10.2. The number of halogens is 2. The van der Waals surface area contributed by atoms with E-state index in [2.05, 4.69) is 0 Å². The molecule has 88 valence electrons. The Hall–Kier alpha value is -0.320. The quantitative estimate of drug-likeness (QED) is 0.910. The van der Waals surface area contributed by atoms with Crippen LogP contribution >= 0.6 is 23.2 Å². The summed E-state index contributed by atoms with van der Waals surface area (Å²) >= 11 is 11.9. The van der Waals surface area contributed by atoms with Crippen LogP contribution in [0, 0.1) is 0 Å². The Kier molecular flexibility index (Phi) is 4.05. The highest BCUT2D eigenvalue weighted by Crippen LogP contribution is 2.28. The third kappa shape index (κ3) is 2.87. The fraction of sp³-hybridized carbons (Fsp3) is 0.455. The van der Waals surface area contributed by atoms with Crippen molar-refractivity contribution in [2.75, 3.05) is 13.2 Å². The fourth-order valence-electron chi connectivity index (χ4n) is 1.68. The molecule has 1 unspecified atom stereocenters. The third-order valence-corrected chi connectivity index (χ3v) is 3.06. The lowest BCUT2D eigenvalue weighted by molar-refractivity contribution is -0.0507. The van der Waals surface area contributed by atoms with Gasteiger partial charge in [0.15, 0.2) is 6.29 Å². The molecule has 0 aromatic heterocycles. The maximum Gasteiger partial charge on any atom is 0.159 e. The van der Waals surface area contributed by atoms with E-state index < -0.39 is 0 Å². The number of rotatable bonds is 3. The minimum atomic E-state index is -0.221. The van der Waals surface area contributed by atoms with E-state index in [1.165, 1.54) is 0 Å². The maximum atomic E-state index is 6.06. The monoisotopic (exact) mass is 261 g/mol. The lowest BCUT2D eigenvalue weighted by atomic mass is 10.0. The van der Waals surface area contributed by atoms with E-state index in [-0.39, 0.29) is 12.3 Å². The van der Waals surface area contributed by atoms with Crippen LogP contribution < -0.4 is 5.73 Å². The Morgan fingerprint density at radius 2 is 2.00 bits per heavy atom. The highest BCUT2D eigenvalue weighted by Gasteiger charge is 2.21. The summed E-state index contributed by atoms with van der Waals surface area (Å²) in [4.78, 5) is 0. The molecule has 0 spiro atoms. The zero-order valence-electron chi connectivity index (χ0n) is 8.66. The minimum Gasteiger partial charge on any atom is -0.350 e. The van der Waals surface area contributed by atoms with Gasteiger partial charge >= 0.3 is 0 Å². The first-order valence-corrected chi connectivity index (χ1v) is 5.86. The number of benzene rings is 1. The molecule has 3 nitrogen and oxygen atoms in total. The van der Waals surface area contributed by atoms with Crippen LogP contribution in [-0.4, -0.2) is 19.5 Å².